The molecule has 3 nitrogen and oxygen atoms in total. The molecule has 2 aromatic rings. The quantitative estimate of drug-likeness (QED) is 0.248. The van der Waals surface area contributed by atoms with Crippen LogP contribution in [0.4, 0.5) is 35.1 Å². The first-order chi connectivity index (χ1) is 11.0. The van der Waals surface area contributed by atoms with E-state index in [1.54, 1.807) is 0 Å². The van der Waals surface area contributed by atoms with Gasteiger partial charge in [-0.15, -0.1) is 0 Å². The molecule has 24 heavy (non-hydrogen) atoms. The van der Waals surface area contributed by atoms with Crippen LogP contribution in [0.25, 0.3) is 0 Å². The van der Waals surface area contributed by atoms with Gasteiger partial charge in [0.25, 0.3) is 0 Å². The molecule has 0 atom stereocenters. The Bertz CT molecular complexity index is 855. The Balaban J connectivity index is 0.000000471. The molecule has 128 valence electrons. The summed E-state index contributed by atoms with van der Waals surface area (Å²) in [4.78, 5) is 0. The molecule has 12 heteroatoms. The van der Waals surface area contributed by atoms with Crippen LogP contribution in [-0.4, -0.2) is 22.4 Å². The topological polar surface area (TPSA) is 60.7 Å². The van der Waals surface area contributed by atoms with Crippen LogP contribution in [0, 0.1) is 67.4 Å². The fourth-order valence-corrected chi connectivity index (χ4v) is 2.14. The van der Waals surface area contributed by atoms with Crippen molar-refractivity contribution in [2.75, 3.05) is 0 Å². The van der Waals surface area contributed by atoms with Gasteiger partial charge in [0.2, 0.25) is 0 Å². The van der Waals surface area contributed by atoms with E-state index in [4.69, 9.17) is 15.1 Å². The zero-order valence-corrected chi connectivity index (χ0v) is 10.9. The Morgan fingerprint density at radius 1 is 0.375 bits per heavy atom. The Morgan fingerprint density at radius 2 is 0.500 bits per heavy atom. The fourth-order valence-electron chi connectivity index (χ4n) is 2.14. The van der Waals surface area contributed by atoms with Gasteiger partial charge in [-0.25, -0.2) is 35.1 Å². The average molecular weight is 358 g/mol. The molecule has 0 radical (unpaired) electrons. The van der Waals surface area contributed by atoms with Gasteiger partial charge in [0.1, 0.15) is 0 Å². The van der Waals surface area contributed by atoms with Gasteiger partial charge in [-0.2, -0.15) is 0 Å². The first-order valence-electron chi connectivity index (χ1n) is 5.79. The molecule has 0 unspecified atom stereocenters. The number of halogens is 8. The number of rotatable bonds is 0. The van der Waals surface area contributed by atoms with Gasteiger partial charge in [0.15, 0.2) is 46.5 Å². The Hall–Kier alpha value is -2.18. The van der Waals surface area contributed by atoms with E-state index in [0.717, 1.165) is 0 Å². The summed E-state index contributed by atoms with van der Waals surface area (Å²) < 4.78 is 106. The second kappa shape index (κ2) is 6.04. The molecule has 0 heterocycles. The molecule has 0 saturated carbocycles. The van der Waals surface area contributed by atoms with Crippen LogP contribution in [0.3, 0.4) is 0 Å². The minimum Gasteiger partial charge on any atom is -0.402 e. The van der Waals surface area contributed by atoms with E-state index in [1.807, 2.05) is 0 Å². The highest BCUT2D eigenvalue weighted by Gasteiger charge is 2.29. The molecule has 0 fully saturated rings. The predicted molar refractivity (Wildman–Crippen MR) is 60.3 cm³/mol. The standard InChI is InChI=1S/C12F8.BH3O3/c13-5-1-2(6(14)10(18)9(5)17)4-3(1)7(15)11(19)12(20)8(4)16;2-1(3)4/h;2-4H. The molecule has 0 aromatic heterocycles. The van der Waals surface area contributed by atoms with Crippen molar-refractivity contribution in [1.29, 1.82) is 0 Å². The Morgan fingerprint density at radius 3 is 0.625 bits per heavy atom. The van der Waals surface area contributed by atoms with Crippen LogP contribution >= 0.6 is 0 Å². The summed E-state index contributed by atoms with van der Waals surface area (Å²) in [6.45, 7) is 0. The monoisotopic (exact) mass is 358 g/mol. The largest absolute Gasteiger partial charge is 0.631 e. The summed E-state index contributed by atoms with van der Waals surface area (Å²) in [6, 6.07) is 0. The SMILES string of the molecule is Fc1c(F)c(F)c2c(c1F)=c1c(F)c(F)c(F)c(F)c1=2.OB(O)O. The van der Waals surface area contributed by atoms with E-state index in [-0.39, 0.29) is 0 Å². The second-order valence-corrected chi connectivity index (χ2v) is 4.36. The third-order valence-corrected chi connectivity index (χ3v) is 3.03. The number of benzene rings is 2. The number of fused-ring (bicyclic) bond motifs is 2. The lowest BCUT2D eigenvalue weighted by atomic mass is 9.98. The molecular formula is C12H3BF8O3. The number of hydrogen-bond acceptors (Lipinski definition) is 3. The third kappa shape index (κ3) is 2.42. The lowest BCUT2D eigenvalue weighted by Crippen LogP contribution is -2.12. The smallest absolute Gasteiger partial charge is 0.402 e. The van der Waals surface area contributed by atoms with Crippen molar-refractivity contribution in [1.82, 2.24) is 0 Å². The lowest BCUT2D eigenvalue weighted by Gasteiger charge is -2.11. The van der Waals surface area contributed by atoms with E-state index in [1.165, 1.54) is 0 Å². The summed E-state index contributed by atoms with van der Waals surface area (Å²) in [5, 5.41) is 16.9. The molecule has 3 N–H and O–H groups in total. The van der Waals surface area contributed by atoms with Crippen LogP contribution in [-0.2, 0) is 0 Å². The first kappa shape index (κ1) is 18.2. The van der Waals surface area contributed by atoms with Gasteiger partial charge in [-0.3, -0.25) is 0 Å². The summed E-state index contributed by atoms with van der Waals surface area (Å²) in [5.74, 6) is -17.0. The Kier molecular flexibility index (Phi) is 4.57. The maximum atomic E-state index is 13.4. The van der Waals surface area contributed by atoms with Gasteiger partial charge in [-0.05, 0) is 0 Å². The van der Waals surface area contributed by atoms with E-state index in [9.17, 15) is 35.1 Å². The third-order valence-electron chi connectivity index (χ3n) is 3.03. The van der Waals surface area contributed by atoms with E-state index >= 15 is 0 Å². The maximum absolute atomic E-state index is 13.4. The molecular weight excluding hydrogens is 355 g/mol. The second-order valence-electron chi connectivity index (χ2n) is 4.36. The minimum atomic E-state index is -2.25. The zero-order chi connectivity index (χ0) is 18.5. The molecule has 0 aliphatic heterocycles. The highest BCUT2D eigenvalue weighted by atomic mass is 19.2. The predicted octanol–water partition coefficient (Wildman–Crippen LogP) is 1.63. The molecule has 0 saturated heterocycles. The van der Waals surface area contributed by atoms with Crippen LogP contribution in [0.1, 0.15) is 0 Å². The summed E-state index contributed by atoms with van der Waals surface area (Å²) in [7, 11) is -2.17. The average Bonchev–Trinajstić information content (AvgIpc) is 2.47. The van der Waals surface area contributed by atoms with Crippen molar-refractivity contribution in [3.05, 3.63) is 67.4 Å². The fraction of sp³-hybridized carbons (Fsp3) is 0. The zero-order valence-electron chi connectivity index (χ0n) is 10.9. The van der Waals surface area contributed by atoms with Gasteiger partial charge in [0, 0.05) is 20.9 Å². The van der Waals surface area contributed by atoms with Crippen molar-refractivity contribution in [2.45, 2.75) is 0 Å². The molecule has 0 spiro atoms. The van der Waals surface area contributed by atoms with E-state index in [0.29, 0.717) is 0 Å². The van der Waals surface area contributed by atoms with Crippen molar-refractivity contribution in [3.8, 4) is 0 Å². The van der Waals surface area contributed by atoms with Gasteiger partial charge >= 0.3 is 7.32 Å². The summed E-state index contributed by atoms with van der Waals surface area (Å²) in [6.07, 6.45) is 0. The molecule has 0 bridgehead atoms. The van der Waals surface area contributed by atoms with E-state index < -0.39 is 74.7 Å². The normalized spacial score (nSPS) is 11.1. The van der Waals surface area contributed by atoms with Gasteiger partial charge in [-0.1, -0.05) is 0 Å². The molecule has 3 rings (SSSR count). The lowest BCUT2D eigenvalue weighted by molar-refractivity contribution is 0.278. The molecule has 1 aliphatic carbocycles. The Labute approximate surface area is 126 Å². The van der Waals surface area contributed by atoms with Crippen LogP contribution < -0.4 is 0 Å². The minimum absolute atomic E-state index is 1.16. The first-order valence-corrected chi connectivity index (χ1v) is 5.79. The number of hydrogen-bond donors (Lipinski definition) is 3. The van der Waals surface area contributed by atoms with Crippen LogP contribution in [0.2, 0.25) is 0 Å². The van der Waals surface area contributed by atoms with Crippen molar-refractivity contribution >= 4 is 7.32 Å². The van der Waals surface area contributed by atoms with Gasteiger partial charge < -0.3 is 15.1 Å². The molecule has 0 amide bonds. The molecule has 2 aromatic carbocycles. The van der Waals surface area contributed by atoms with Gasteiger partial charge in [0.05, 0.1) is 0 Å². The summed E-state index contributed by atoms with van der Waals surface area (Å²) in [5.41, 5.74) is 0. The van der Waals surface area contributed by atoms with Crippen molar-refractivity contribution in [3.63, 3.8) is 0 Å². The van der Waals surface area contributed by atoms with Crippen LogP contribution in [0.15, 0.2) is 0 Å². The van der Waals surface area contributed by atoms with Crippen molar-refractivity contribution < 1.29 is 50.2 Å². The highest BCUT2D eigenvalue weighted by Crippen LogP contribution is 2.29. The van der Waals surface area contributed by atoms with Crippen LogP contribution in [0.5, 0.6) is 0 Å². The van der Waals surface area contributed by atoms with Crippen molar-refractivity contribution in [2.24, 2.45) is 0 Å². The highest BCUT2D eigenvalue weighted by molar-refractivity contribution is 6.30. The maximum Gasteiger partial charge on any atom is 0.631 e. The molecule has 1 aliphatic rings. The van der Waals surface area contributed by atoms with E-state index in [2.05, 4.69) is 0 Å². The summed E-state index contributed by atoms with van der Waals surface area (Å²) >= 11 is 0.